The van der Waals surface area contributed by atoms with Crippen LogP contribution in [0.15, 0.2) is 53.7 Å². The summed E-state index contributed by atoms with van der Waals surface area (Å²) in [7, 11) is 0. The van der Waals surface area contributed by atoms with Crippen LogP contribution in [0.25, 0.3) is 0 Å². The van der Waals surface area contributed by atoms with Crippen LogP contribution in [0.4, 0.5) is 0 Å². The van der Waals surface area contributed by atoms with Gasteiger partial charge in [-0.2, -0.15) is 0 Å². The van der Waals surface area contributed by atoms with E-state index in [-0.39, 0.29) is 24.0 Å². The van der Waals surface area contributed by atoms with Gasteiger partial charge in [0.05, 0.1) is 12.2 Å². The van der Waals surface area contributed by atoms with Crippen LogP contribution >= 0.6 is 24.0 Å². The van der Waals surface area contributed by atoms with Crippen molar-refractivity contribution in [3.05, 3.63) is 59.9 Å². The number of halogens is 1. The molecule has 0 atom stereocenters. The molecule has 0 spiro atoms. The fourth-order valence-corrected chi connectivity index (χ4v) is 3.63. The maximum atomic E-state index is 5.81. The molecule has 1 aliphatic rings. The van der Waals surface area contributed by atoms with E-state index in [2.05, 4.69) is 46.5 Å². The first-order chi connectivity index (χ1) is 14.8. The van der Waals surface area contributed by atoms with Gasteiger partial charge in [0.1, 0.15) is 12.4 Å². The molecule has 1 aromatic carbocycles. The number of aromatic nitrogens is 1. The van der Waals surface area contributed by atoms with Crippen LogP contribution in [0.2, 0.25) is 0 Å². The van der Waals surface area contributed by atoms with Crippen molar-refractivity contribution in [2.24, 2.45) is 4.99 Å². The van der Waals surface area contributed by atoms with Crippen molar-refractivity contribution in [1.29, 1.82) is 0 Å². The zero-order valence-electron chi connectivity index (χ0n) is 18.7. The minimum atomic E-state index is 0. The van der Waals surface area contributed by atoms with Crippen molar-refractivity contribution in [2.75, 3.05) is 26.2 Å². The van der Waals surface area contributed by atoms with Gasteiger partial charge in [-0.1, -0.05) is 25.1 Å². The summed E-state index contributed by atoms with van der Waals surface area (Å²) in [5.41, 5.74) is 2.09. The van der Waals surface area contributed by atoms with Gasteiger partial charge in [0, 0.05) is 31.9 Å². The molecule has 0 amide bonds. The van der Waals surface area contributed by atoms with Gasteiger partial charge in [0.15, 0.2) is 5.96 Å². The molecule has 6 nitrogen and oxygen atoms in total. The molecule has 2 heterocycles. The van der Waals surface area contributed by atoms with E-state index >= 15 is 0 Å². The molecule has 0 bridgehead atoms. The largest absolute Gasteiger partial charge is 0.487 e. The highest BCUT2D eigenvalue weighted by Crippen LogP contribution is 2.15. The van der Waals surface area contributed by atoms with Gasteiger partial charge < -0.3 is 20.3 Å². The predicted molar refractivity (Wildman–Crippen MR) is 138 cm³/mol. The summed E-state index contributed by atoms with van der Waals surface area (Å²) in [6.07, 6.45) is 5.36. The van der Waals surface area contributed by atoms with Crippen molar-refractivity contribution in [3.8, 4) is 5.75 Å². The first-order valence-electron chi connectivity index (χ1n) is 11.2. The SMILES string of the molecule is CCCN1CCC(NC(=NCc2ccc(OCc3ccccn3)cc2)NCC)CC1.I. The standard InChI is InChI=1S/C24H35N5O.HI/c1-3-15-29-16-12-21(13-17-29)28-24(25-4-2)27-18-20-8-10-23(11-9-20)30-19-22-7-5-6-14-26-22;/h5-11,14,21H,3-4,12-13,15-19H2,1-2H3,(H2,25,27,28);1H. The molecule has 1 fully saturated rings. The highest BCUT2D eigenvalue weighted by molar-refractivity contribution is 14.0. The second-order valence-electron chi connectivity index (χ2n) is 7.71. The Morgan fingerprint density at radius 3 is 2.55 bits per heavy atom. The van der Waals surface area contributed by atoms with Crippen molar-refractivity contribution < 1.29 is 4.74 Å². The van der Waals surface area contributed by atoms with E-state index in [4.69, 9.17) is 9.73 Å². The van der Waals surface area contributed by atoms with Crippen molar-refractivity contribution in [2.45, 2.75) is 52.3 Å². The van der Waals surface area contributed by atoms with E-state index in [9.17, 15) is 0 Å². The lowest BCUT2D eigenvalue weighted by Gasteiger charge is -2.32. The highest BCUT2D eigenvalue weighted by Gasteiger charge is 2.19. The molecule has 31 heavy (non-hydrogen) atoms. The van der Waals surface area contributed by atoms with Gasteiger partial charge in [0.2, 0.25) is 0 Å². The van der Waals surface area contributed by atoms with Crippen molar-refractivity contribution >= 4 is 29.9 Å². The summed E-state index contributed by atoms with van der Waals surface area (Å²) < 4.78 is 5.81. The van der Waals surface area contributed by atoms with Gasteiger partial charge in [0.25, 0.3) is 0 Å². The van der Waals surface area contributed by atoms with E-state index < -0.39 is 0 Å². The molecular formula is C24H36IN5O. The molecule has 1 saturated heterocycles. The summed E-state index contributed by atoms with van der Waals surface area (Å²) in [4.78, 5) is 11.6. The Labute approximate surface area is 203 Å². The predicted octanol–water partition coefficient (Wildman–Crippen LogP) is 4.21. The average molecular weight is 537 g/mol. The zero-order valence-corrected chi connectivity index (χ0v) is 21.0. The molecule has 0 radical (unpaired) electrons. The lowest BCUT2D eigenvalue weighted by atomic mass is 10.1. The number of hydrogen-bond acceptors (Lipinski definition) is 4. The summed E-state index contributed by atoms with van der Waals surface area (Å²) >= 11 is 0. The van der Waals surface area contributed by atoms with Gasteiger partial charge in [-0.25, -0.2) is 4.99 Å². The fourth-order valence-electron chi connectivity index (χ4n) is 3.63. The third-order valence-electron chi connectivity index (χ3n) is 5.27. The first-order valence-corrected chi connectivity index (χ1v) is 11.2. The van der Waals surface area contributed by atoms with E-state index in [0.29, 0.717) is 19.2 Å². The number of pyridine rings is 1. The van der Waals surface area contributed by atoms with Crippen LogP contribution in [0.5, 0.6) is 5.75 Å². The number of hydrogen-bond donors (Lipinski definition) is 2. The monoisotopic (exact) mass is 537 g/mol. The van der Waals surface area contributed by atoms with Crippen LogP contribution in [0.1, 0.15) is 44.4 Å². The summed E-state index contributed by atoms with van der Waals surface area (Å²) in [5.74, 6) is 1.75. The third-order valence-corrected chi connectivity index (χ3v) is 5.27. The van der Waals surface area contributed by atoms with Crippen LogP contribution in [0, 0.1) is 0 Å². The van der Waals surface area contributed by atoms with Crippen molar-refractivity contribution in [3.63, 3.8) is 0 Å². The number of guanidine groups is 1. The molecule has 1 aliphatic heterocycles. The molecule has 1 aromatic heterocycles. The number of likely N-dealkylation sites (tertiary alicyclic amines) is 1. The van der Waals surface area contributed by atoms with E-state index in [1.807, 2.05) is 30.3 Å². The molecule has 3 rings (SSSR count). The van der Waals surface area contributed by atoms with Gasteiger partial charge >= 0.3 is 0 Å². The Morgan fingerprint density at radius 1 is 1.13 bits per heavy atom. The Kier molecular flexibility index (Phi) is 11.7. The molecule has 7 heteroatoms. The number of ether oxygens (including phenoxy) is 1. The summed E-state index contributed by atoms with van der Waals surface area (Å²) in [6.45, 7) is 9.89. The summed E-state index contributed by atoms with van der Waals surface area (Å²) in [6, 6.07) is 14.5. The topological polar surface area (TPSA) is 61.8 Å². The van der Waals surface area contributed by atoms with Gasteiger partial charge in [-0.05, 0) is 62.6 Å². The normalized spacial score (nSPS) is 15.2. The summed E-state index contributed by atoms with van der Waals surface area (Å²) in [5, 5.41) is 7.00. The number of aliphatic imine (C=N–C) groups is 1. The van der Waals surface area contributed by atoms with E-state index in [0.717, 1.165) is 29.5 Å². The number of nitrogens with one attached hydrogen (secondary N) is 2. The first kappa shape index (κ1) is 25.4. The molecule has 0 saturated carbocycles. The zero-order chi connectivity index (χ0) is 21.0. The second kappa shape index (κ2) is 14.2. The number of piperidine rings is 1. The second-order valence-corrected chi connectivity index (χ2v) is 7.71. The molecule has 0 aliphatic carbocycles. The van der Waals surface area contributed by atoms with Crippen LogP contribution in [-0.2, 0) is 13.2 Å². The molecule has 2 N–H and O–H groups in total. The molecule has 0 unspecified atom stereocenters. The van der Waals surface area contributed by atoms with Crippen LogP contribution in [-0.4, -0.2) is 48.1 Å². The number of nitrogens with zero attached hydrogens (tertiary/aromatic N) is 3. The van der Waals surface area contributed by atoms with E-state index in [1.165, 1.54) is 38.9 Å². The average Bonchev–Trinajstić information content (AvgIpc) is 2.79. The highest BCUT2D eigenvalue weighted by atomic mass is 127. The fraction of sp³-hybridized carbons (Fsp3) is 0.500. The molecule has 2 aromatic rings. The number of benzene rings is 1. The molecule has 170 valence electrons. The maximum Gasteiger partial charge on any atom is 0.191 e. The maximum absolute atomic E-state index is 5.81. The lowest BCUT2D eigenvalue weighted by Crippen LogP contribution is -2.48. The van der Waals surface area contributed by atoms with Crippen molar-refractivity contribution in [1.82, 2.24) is 20.5 Å². The minimum Gasteiger partial charge on any atom is -0.487 e. The van der Waals surface area contributed by atoms with Crippen LogP contribution < -0.4 is 15.4 Å². The Morgan fingerprint density at radius 2 is 1.90 bits per heavy atom. The Balaban J connectivity index is 0.00000341. The number of rotatable bonds is 9. The smallest absolute Gasteiger partial charge is 0.191 e. The Hall–Kier alpha value is -1.87. The molecular weight excluding hydrogens is 501 g/mol. The lowest BCUT2D eigenvalue weighted by molar-refractivity contribution is 0.206. The quantitative estimate of drug-likeness (QED) is 0.285. The van der Waals surface area contributed by atoms with Gasteiger partial charge in [-0.3, -0.25) is 4.98 Å². The van der Waals surface area contributed by atoms with Gasteiger partial charge in [-0.15, -0.1) is 24.0 Å². The van der Waals surface area contributed by atoms with E-state index in [1.54, 1.807) is 6.20 Å². The van der Waals surface area contributed by atoms with Crippen LogP contribution in [0.3, 0.4) is 0 Å². The minimum absolute atomic E-state index is 0. The Bertz CT molecular complexity index is 761. The third kappa shape index (κ3) is 9.03.